The average molecular weight is 262 g/mol. The van der Waals surface area contributed by atoms with Crippen LogP contribution in [0.25, 0.3) is 0 Å². The SMILES string of the molecule is O=C(O)c1ccc([B-](F)(F)F)cc1Cl.[K+]. The first-order valence-electron chi connectivity index (χ1n) is 3.55. The van der Waals surface area contributed by atoms with Crippen molar-refractivity contribution in [1.82, 2.24) is 0 Å². The average Bonchev–Trinajstić information content (AvgIpc) is 2.01. The van der Waals surface area contributed by atoms with Crippen LogP contribution in [0.1, 0.15) is 10.4 Å². The zero-order valence-corrected chi connectivity index (χ0v) is 11.6. The maximum absolute atomic E-state index is 12.2. The standard InChI is InChI=1S/C7H4BClF3O2.K/c9-6-3-4(8(10,11)12)1-2-5(6)7(13)14;/h1-3H,(H,13,14);/q-1;+1. The van der Waals surface area contributed by atoms with Gasteiger partial charge in [0.25, 0.3) is 0 Å². The fraction of sp³-hybridized carbons (Fsp3) is 0. The minimum atomic E-state index is -5.14. The quantitative estimate of drug-likeness (QED) is 0.701. The molecule has 0 aliphatic heterocycles. The van der Waals surface area contributed by atoms with Crippen LogP contribution in [0.5, 0.6) is 0 Å². The maximum Gasteiger partial charge on any atom is 1.00 e. The fourth-order valence-electron chi connectivity index (χ4n) is 0.908. The van der Waals surface area contributed by atoms with Gasteiger partial charge in [0.05, 0.1) is 10.6 Å². The van der Waals surface area contributed by atoms with Crippen molar-refractivity contribution in [3.63, 3.8) is 0 Å². The van der Waals surface area contributed by atoms with E-state index < -0.39 is 23.4 Å². The summed E-state index contributed by atoms with van der Waals surface area (Å²) in [6.07, 6.45) is 0. The van der Waals surface area contributed by atoms with E-state index in [1.807, 2.05) is 0 Å². The molecule has 15 heavy (non-hydrogen) atoms. The molecule has 0 unspecified atom stereocenters. The van der Waals surface area contributed by atoms with Crippen LogP contribution < -0.4 is 56.8 Å². The van der Waals surface area contributed by atoms with Gasteiger partial charge in [0, 0.05) is 0 Å². The van der Waals surface area contributed by atoms with Crippen molar-refractivity contribution in [2.45, 2.75) is 0 Å². The van der Waals surface area contributed by atoms with Gasteiger partial charge in [-0.2, -0.15) is 0 Å². The summed E-state index contributed by atoms with van der Waals surface area (Å²) in [5, 5.41) is 8.09. The van der Waals surface area contributed by atoms with Gasteiger partial charge < -0.3 is 18.1 Å². The Morgan fingerprint density at radius 2 is 1.87 bits per heavy atom. The van der Waals surface area contributed by atoms with Crippen molar-refractivity contribution >= 4 is 30.0 Å². The number of carbonyl (C=O) groups is 1. The molecule has 0 saturated carbocycles. The normalized spacial score (nSPS) is 10.7. The van der Waals surface area contributed by atoms with Gasteiger partial charge in [-0.3, -0.25) is 0 Å². The van der Waals surface area contributed by atoms with E-state index in [1.54, 1.807) is 0 Å². The molecule has 76 valence electrons. The Hall–Kier alpha value is 0.471. The molecule has 0 amide bonds. The molecule has 0 spiro atoms. The van der Waals surface area contributed by atoms with Gasteiger partial charge in [0.15, 0.2) is 0 Å². The molecule has 0 saturated heterocycles. The number of hydrogen-bond acceptors (Lipinski definition) is 1. The minimum Gasteiger partial charge on any atom is -0.478 e. The Bertz CT molecular complexity index is 383. The van der Waals surface area contributed by atoms with E-state index in [4.69, 9.17) is 16.7 Å². The van der Waals surface area contributed by atoms with Gasteiger partial charge in [0.1, 0.15) is 0 Å². The van der Waals surface area contributed by atoms with E-state index in [0.717, 1.165) is 6.07 Å². The number of rotatable bonds is 2. The van der Waals surface area contributed by atoms with E-state index >= 15 is 0 Å². The van der Waals surface area contributed by atoms with E-state index in [2.05, 4.69) is 0 Å². The van der Waals surface area contributed by atoms with Crippen LogP contribution in [-0.4, -0.2) is 18.1 Å². The molecule has 0 aliphatic rings. The maximum atomic E-state index is 12.2. The van der Waals surface area contributed by atoms with Gasteiger partial charge >= 0.3 is 64.3 Å². The molecule has 0 bridgehead atoms. The number of halogens is 4. The number of benzene rings is 1. The zero-order valence-electron chi connectivity index (χ0n) is 7.68. The van der Waals surface area contributed by atoms with Gasteiger partial charge in [-0.25, -0.2) is 4.79 Å². The summed E-state index contributed by atoms with van der Waals surface area (Å²) >= 11 is 5.36. The van der Waals surface area contributed by atoms with E-state index in [9.17, 15) is 17.7 Å². The van der Waals surface area contributed by atoms with Gasteiger partial charge in [0.2, 0.25) is 0 Å². The van der Waals surface area contributed by atoms with Crippen LogP contribution in [-0.2, 0) is 0 Å². The predicted molar refractivity (Wildman–Crippen MR) is 47.1 cm³/mol. The summed E-state index contributed by atoms with van der Waals surface area (Å²) in [7, 11) is 0. The van der Waals surface area contributed by atoms with Crippen molar-refractivity contribution in [2.24, 2.45) is 0 Å². The van der Waals surface area contributed by atoms with Gasteiger partial charge in [-0.05, 0) is 6.07 Å². The smallest absolute Gasteiger partial charge is 0.478 e. The Morgan fingerprint density at radius 3 is 2.20 bits per heavy atom. The molecule has 1 aromatic rings. The van der Waals surface area contributed by atoms with Crippen LogP contribution >= 0.6 is 11.6 Å². The van der Waals surface area contributed by atoms with Crippen LogP contribution in [0.3, 0.4) is 0 Å². The van der Waals surface area contributed by atoms with Crippen molar-refractivity contribution < 1.29 is 74.2 Å². The molecule has 0 fully saturated rings. The second-order valence-corrected chi connectivity index (χ2v) is 3.03. The predicted octanol–water partition coefficient (Wildman–Crippen LogP) is -0.903. The Kier molecular flexibility index (Phi) is 5.88. The molecule has 1 N–H and O–H groups in total. The van der Waals surface area contributed by atoms with E-state index in [1.165, 1.54) is 0 Å². The third-order valence-electron chi connectivity index (χ3n) is 1.60. The van der Waals surface area contributed by atoms with Crippen LogP contribution in [0.2, 0.25) is 5.02 Å². The number of carboxylic acids is 1. The van der Waals surface area contributed by atoms with E-state index in [0.29, 0.717) is 12.1 Å². The second kappa shape index (κ2) is 5.70. The summed E-state index contributed by atoms with van der Waals surface area (Å²) < 4.78 is 36.5. The first kappa shape index (κ1) is 15.5. The van der Waals surface area contributed by atoms with Crippen LogP contribution in [0.4, 0.5) is 12.9 Å². The largest absolute Gasteiger partial charge is 1.00 e. The Labute approximate surface area is 131 Å². The molecule has 1 rings (SSSR count). The second-order valence-electron chi connectivity index (χ2n) is 2.62. The molecular weight excluding hydrogens is 258 g/mol. The van der Waals surface area contributed by atoms with Crippen LogP contribution in [0.15, 0.2) is 18.2 Å². The monoisotopic (exact) mass is 262 g/mol. The Balaban J connectivity index is 0.00000196. The molecule has 2 nitrogen and oxygen atoms in total. The van der Waals surface area contributed by atoms with Crippen molar-refractivity contribution in [3.05, 3.63) is 28.8 Å². The Morgan fingerprint density at radius 1 is 1.33 bits per heavy atom. The molecular formula is C7H4BClF3KO2. The summed E-state index contributed by atoms with van der Waals surface area (Å²) in [6, 6.07) is 2.16. The molecule has 0 radical (unpaired) electrons. The van der Waals surface area contributed by atoms with Gasteiger partial charge in [-0.15, -0.1) is 5.46 Å². The number of hydrogen-bond donors (Lipinski definition) is 1. The molecule has 1 aromatic carbocycles. The van der Waals surface area contributed by atoms with Crippen molar-refractivity contribution in [1.29, 1.82) is 0 Å². The molecule has 0 aromatic heterocycles. The first-order valence-corrected chi connectivity index (χ1v) is 3.93. The number of carboxylic acid groups (broad SMARTS) is 1. The fourth-order valence-corrected chi connectivity index (χ4v) is 1.18. The summed E-state index contributed by atoms with van der Waals surface area (Å²) in [4.78, 5) is 10.4. The summed E-state index contributed by atoms with van der Waals surface area (Å²) in [5.41, 5.74) is -1.24. The third kappa shape index (κ3) is 4.09. The molecule has 0 atom stereocenters. The number of aromatic carboxylic acids is 1. The van der Waals surface area contributed by atoms with Crippen molar-refractivity contribution in [2.75, 3.05) is 0 Å². The molecule has 0 aliphatic carbocycles. The van der Waals surface area contributed by atoms with Gasteiger partial charge in [-0.1, -0.05) is 23.7 Å². The minimum absolute atomic E-state index is 0. The topological polar surface area (TPSA) is 37.3 Å². The molecule has 8 heteroatoms. The van der Waals surface area contributed by atoms with E-state index in [-0.39, 0.29) is 56.9 Å². The summed E-state index contributed by atoms with van der Waals surface area (Å²) in [5.74, 6) is -1.35. The third-order valence-corrected chi connectivity index (χ3v) is 1.91. The zero-order chi connectivity index (χ0) is 10.9. The van der Waals surface area contributed by atoms with Crippen LogP contribution in [0, 0.1) is 0 Å². The van der Waals surface area contributed by atoms with Crippen molar-refractivity contribution in [3.8, 4) is 0 Å². The summed E-state index contributed by atoms with van der Waals surface area (Å²) in [6.45, 7) is -5.14. The first-order chi connectivity index (χ1) is 6.32. The molecule has 0 heterocycles.